The average Bonchev–Trinajstić information content (AvgIpc) is 3.23. The van der Waals surface area contributed by atoms with E-state index in [2.05, 4.69) is 47.4 Å². The molecule has 2 aliphatic rings. The highest BCUT2D eigenvalue weighted by molar-refractivity contribution is 5.85. The smallest absolute Gasteiger partial charge is 0.0826 e. The molecule has 0 spiro atoms. The molecule has 1 heterocycles. The summed E-state index contributed by atoms with van der Waals surface area (Å²) in [6, 6.07) is 15.7. The molecule has 4 rings (SSSR count). The molecule has 1 aliphatic carbocycles. The van der Waals surface area contributed by atoms with E-state index < -0.39 is 5.60 Å². The van der Waals surface area contributed by atoms with Crippen molar-refractivity contribution >= 4 is 10.8 Å². The summed E-state index contributed by atoms with van der Waals surface area (Å²) in [5.41, 5.74) is 0.746. The summed E-state index contributed by atoms with van der Waals surface area (Å²) < 4.78 is 0. The summed E-state index contributed by atoms with van der Waals surface area (Å²) >= 11 is 0. The van der Waals surface area contributed by atoms with E-state index in [4.69, 9.17) is 0 Å². The molecule has 1 unspecified atom stereocenters. The minimum atomic E-state index is -0.535. The van der Waals surface area contributed by atoms with Crippen molar-refractivity contribution in [3.63, 3.8) is 0 Å². The Labute approximate surface area is 120 Å². The fourth-order valence-electron chi connectivity index (χ4n) is 3.58. The van der Waals surface area contributed by atoms with Crippen molar-refractivity contribution in [1.82, 2.24) is 4.90 Å². The van der Waals surface area contributed by atoms with Crippen LogP contribution in [0.1, 0.15) is 24.8 Å². The van der Waals surface area contributed by atoms with Gasteiger partial charge in [-0.05, 0) is 35.6 Å². The van der Waals surface area contributed by atoms with Crippen LogP contribution in [0.2, 0.25) is 0 Å². The van der Waals surface area contributed by atoms with E-state index in [0.29, 0.717) is 0 Å². The summed E-state index contributed by atoms with van der Waals surface area (Å²) in [4.78, 5) is 2.48. The Balaban J connectivity index is 1.61. The Morgan fingerprint density at radius 1 is 1.10 bits per heavy atom. The third kappa shape index (κ3) is 2.23. The van der Waals surface area contributed by atoms with E-state index in [0.717, 1.165) is 32.0 Å². The highest BCUT2D eigenvalue weighted by Gasteiger charge is 2.42. The minimum absolute atomic E-state index is 0.535. The lowest BCUT2D eigenvalue weighted by atomic mass is 9.91. The van der Waals surface area contributed by atoms with Crippen LogP contribution in [-0.4, -0.2) is 34.7 Å². The van der Waals surface area contributed by atoms with Gasteiger partial charge in [0.1, 0.15) is 0 Å². The molecule has 2 heteroatoms. The second-order valence-electron chi connectivity index (χ2n) is 6.49. The standard InChI is InChI=1S/C18H21NO/c20-18(10-11-19(13-18)16-8-9-16)12-15-6-3-5-14-4-1-2-7-17(14)15/h1-7,16,20H,8-13H2. The quantitative estimate of drug-likeness (QED) is 0.924. The number of nitrogens with zero attached hydrogens (tertiary/aromatic N) is 1. The van der Waals surface area contributed by atoms with Crippen LogP contribution in [0.5, 0.6) is 0 Å². The first-order valence-electron chi connectivity index (χ1n) is 7.67. The highest BCUT2D eigenvalue weighted by Crippen LogP contribution is 2.35. The van der Waals surface area contributed by atoms with Crippen molar-refractivity contribution in [2.75, 3.05) is 13.1 Å². The summed E-state index contributed by atoms with van der Waals surface area (Å²) in [6.45, 7) is 1.91. The van der Waals surface area contributed by atoms with E-state index in [1.165, 1.54) is 29.2 Å². The SMILES string of the molecule is OC1(Cc2cccc3ccccc23)CCN(C2CC2)C1. The zero-order chi connectivity index (χ0) is 13.6. The van der Waals surface area contributed by atoms with Gasteiger partial charge in [0.15, 0.2) is 0 Å². The van der Waals surface area contributed by atoms with E-state index in [9.17, 15) is 5.11 Å². The molecule has 1 atom stereocenters. The fourth-order valence-corrected chi connectivity index (χ4v) is 3.58. The molecule has 1 N–H and O–H groups in total. The molecule has 2 aromatic carbocycles. The van der Waals surface area contributed by atoms with Crippen LogP contribution in [-0.2, 0) is 6.42 Å². The number of rotatable bonds is 3. The number of aliphatic hydroxyl groups is 1. The number of likely N-dealkylation sites (tertiary alicyclic amines) is 1. The van der Waals surface area contributed by atoms with Gasteiger partial charge in [0.05, 0.1) is 5.60 Å². The highest BCUT2D eigenvalue weighted by atomic mass is 16.3. The fraction of sp³-hybridized carbons (Fsp3) is 0.444. The van der Waals surface area contributed by atoms with E-state index in [-0.39, 0.29) is 0 Å². The molecule has 0 bridgehead atoms. The van der Waals surface area contributed by atoms with Crippen LogP contribution in [0.4, 0.5) is 0 Å². The number of benzene rings is 2. The van der Waals surface area contributed by atoms with Crippen molar-refractivity contribution in [2.45, 2.75) is 37.3 Å². The van der Waals surface area contributed by atoms with Crippen LogP contribution in [0.15, 0.2) is 42.5 Å². The largest absolute Gasteiger partial charge is 0.388 e. The van der Waals surface area contributed by atoms with Gasteiger partial charge >= 0.3 is 0 Å². The second-order valence-corrected chi connectivity index (χ2v) is 6.49. The first-order valence-corrected chi connectivity index (χ1v) is 7.67. The molecule has 20 heavy (non-hydrogen) atoms. The predicted molar refractivity (Wildman–Crippen MR) is 81.8 cm³/mol. The molecule has 2 aromatic rings. The third-order valence-electron chi connectivity index (χ3n) is 4.82. The maximum atomic E-state index is 10.9. The first kappa shape index (κ1) is 12.4. The van der Waals surface area contributed by atoms with Gasteiger partial charge in [-0.1, -0.05) is 42.5 Å². The van der Waals surface area contributed by atoms with Gasteiger partial charge in [-0.3, -0.25) is 4.90 Å². The molecule has 1 saturated heterocycles. The van der Waals surface area contributed by atoms with Crippen molar-refractivity contribution < 1.29 is 5.11 Å². The van der Waals surface area contributed by atoms with Crippen molar-refractivity contribution in [3.8, 4) is 0 Å². The van der Waals surface area contributed by atoms with Gasteiger partial charge in [0, 0.05) is 25.6 Å². The summed E-state index contributed by atoms with van der Waals surface area (Å²) in [6.07, 6.45) is 4.33. The molecule has 0 aromatic heterocycles. The minimum Gasteiger partial charge on any atom is -0.388 e. The van der Waals surface area contributed by atoms with Gasteiger partial charge in [0.2, 0.25) is 0 Å². The average molecular weight is 267 g/mol. The van der Waals surface area contributed by atoms with E-state index in [1.807, 2.05) is 0 Å². The second kappa shape index (κ2) is 4.57. The van der Waals surface area contributed by atoms with Crippen molar-refractivity contribution in [1.29, 1.82) is 0 Å². The maximum Gasteiger partial charge on any atom is 0.0826 e. The summed E-state index contributed by atoms with van der Waals surface area (Å²) in [5.74, 6) is 0. The molecular weight excluding hydrogens is 246 g/mol. The number of hydrogen-bond donors (Lipinski definition) is 1. The summed E-state index contributed by atoms with van der Waals surface area (Å²) in [7, 11) is 0. The van der Waals surface area contributed by atoms with Crippen LogP contribution in [0.25, 0.3) is 10.8 Å². The first-order chi connectivity index (χ1) is 9.73. The number of hydrogen-bond acceptors (Lipinski definition) is 2. The van der Waals surface area contributed by atoms with Crippen LogP contribution < -0.4 is 0 Å². The zero-order valence-corrected chi connectivity index (χ0v) is 11.8. The lowest BCUT2D eigenvalue weighted by molar-refractivity contribution is 0.0490. The van der Waals surface area contributed by atoms with Gasteiger partial charge in [-0.15, -0.1) is 0 Å². The Morgan fingerprint density at radius 3 is 2.75 bits per heavy atom. The molecule has 2 nitrogen and oxygen atoms in total. The molecule has 0 amide bonds. The topological polar surface area (TPSA) is 23.5 Å². The lowest BCUT2D eigenvalue weighted by Crippen LogP contribution is -2.36. The van der Waals surface area contributed by atoms with Gasteiger partial charge in [-0.25, -0.2) is 0 Å². The maximum absolute atomic E-state index is 10.9. The Kier molecular flexibility index (Phi) is 2.83. The molecule has 0 radical (unpaired) electrons. The van der Waals surface area contributed by atoms with Gasteiger partial charge < -0.3 is 5.11 Å². The van der Waals surface area contributed by atoms with Crippen molar-refractivity contribution in [3.05, 3.63) is 48.0 Å². The van der Waals surface area contributed by atoms with Gasteiger partial charge in [0.25, 0.3) is 0 Å². The van der Waals surface area contributed by atoms with Crippen LogP contribution in [0, 0.1) is 0 Å². The predicted octanol–water partition coefficient (Wildman–Crippen LogP) is 2.98. The monoisotopic (exact) mass is 267 g/mol. The van der Waals surface area contributed by atoms with Crippen LogP contribution >= 0.6 is 0 Å². The zero-order valence-electron chi connectivity index (χ0n) is 11.8. The molecular formula is C18H21NO. The lowest BCUT2D eigenvalue weighted by Gasteiger charge is -2.24. The molecule has 1 aliphatic heterocycles. The normalized spacial score (nSPS) is 27.2. The van der Waals surface area contributed by atoms with E-state index in [1.54, 1.807) is 0 Å². The van der Waals surface area contributed by atoms with Gasteiger partial charge in [-0.2, -0.15) is 0 Å². The molecule has 104 valence electrons. The number of β-amino-alcohol motifs (C(OH)–C–C–N with tert-alkyl or cyclic N) is 1. The molecule has 2 fully saturated rings. The number of fused-ring (bicyclic) bond motifs is 1. The Bertz CT molecular complexity index is 629. The Hall–Kier alpha value is -1.38. The third-order valence-corrected chi connectivity index (χ3v) is 4.82. The Morgan fingerprint density at radius 2 is 1.90 bits per heavy atom. The van der Waals surface area contributed by atoms with Crippen molar-refractivity contribution in [2.24, 2.45) is 0 Å². The molecule has 1 saturated carbocycles. The summed E-state index contributed by atoms with van der Waals surface area (Å²) in [5, 5.41) is 13.5. The van der Waals surface area contributed by atoms with Crippen LogP contribution in [0.3, 0.4) is 0 Å². The van der Waals surface area contributed by atoms with E-state index >= 15 is 0 Å².